The van der Waals surface area contributed by atoms with Crippen LogP contribution in [0.3, 0.4) is 0 Å². The van der Waals surface area contributed by atoms with Crippen LogP contribution >= 0.6 is 11.6 Å². The molecule has 0 N–H and O–H groups in total. The van der Waals surface area contributed by atoms with Gasteiger partial charge in [0.15, 0.2) is 0 Å². The van der Waals surface area contributed by atoms with E-state index in [9.17, 15) is 9.59 Å². The molecule has 0 rings (SSSR count). The number of esters is 2. The zero-order valence-corrected chi connectivity index (χ0v) is 8.68. The summed E-state index contributed by atoms with van der Waals surface area (Å²) in [5, 5.41) is 0. The van der Waals surface area contributed by atoms with Gasteiger partial charge in [-0.1, -0.05) is 11.6 Å². The smallest absolute Gasteiger partial charge is 0.338 e. The molecule has 0 aromatic rings. The van der Waals surface area contributed by atoms with Crippen LogP contribution in [0.15, 0.2) is 0 Å². The van der Waals surface area contributed by atoms with E-state index in [2.05, 4.69) is 9.47 Å². The maximum atomic E-state index is 11.1. The van der Waals surface area contributed by atoms with E-state index < -0.39 is 16.8 Å². The van der Waals surface area contributed by atoms with Gasteiger partial charge in [0.2, 0.25) is 4.87 Å². The number of hydrogen-bond donors (Lipinski definition) is 0. The van der Waals surface area contributed by atoms with Crippen LogP contribution in [-0.4, -0.2) is 30.0 Å². The summed E-state index contributed by atoms with van der Waals surface area (Å²) < 4.78 is 9.20. The molecular weight excluding hydrogens is 196 g/mol. The second-order valence-corrected chi connectivity index (χ2v) is 3.20. The zero-order valence-electron chi connectivity index (χ0n) is 7.93. The van der Waals surface area contributed by atoms with Crippen molar-refractivity contribution in [2.24, 2.45) is 0 Å². The van der Waals surface area contributed by atoms with Crippen molar-refractivity contribution in [2.45, 2.75) is 25.6 Å². The van der Waals surface area contributed by atoms with Crippen molar-refractivity contribution in [1.82, 2.24) is 0 Å². The monoisotopic (exact) mass is 208 g/mol. The molecule has 0 fully saturated rings. The quantitative estimate of drug-likeness (QED) is 0.395. The average Bonchev–Trinajstić information content (AvgIpc) is 2.05. The van der Waals surface area contributed by atoms with Gasteiger partial charge in [-0.3, -0.25) is 0 Å². The van der Waals surface area contributed by atoms with Crippen molar-refractivity contribution in [1.29, 1.82) is 0 Å². The molecule has 0 aromatic heterocycles. The van der Waals surface area contributed by atoms with Gasteiger partial charge in [-0.05, 0) is 20.8 Å². The van der Waals surface area contributed by atoms with Crippen molar-refractivity contribution < 1.29 is 19.1 Å². The van der Waals surface area contributed by atoms with Crippen molar-refractivity contribution in [3.05, 3.63) is 0 Å². The standard InChI is InChI=1S/C8H13ClO4/c1-4-12-6(10)8(3,9)7(11)13-5-2/h4-5H2,1-3H3. The van der Waals surface area contributed by atoms with Gasteiger partial charge in [0.25, 0.3) is 0 Å². The highest BCUT2D eigenvalue weighted by Crippen LogP contribution is 2.18. The van der Waals surface area contributed by atoms with E-state index in [1.54, 1.807) is 13.8 Å². The number of rotatable bonds is 4. The van der Waals surface area contributed by atoms with Crippen molar-refractivity contribution in [3.8, 4) is 0 Å². The largest absolute Gasteiger partial charge is 0.464 e. The van der Waals surface area contributed by atoms with Crippen LogP contribution in [0.4, 0.5) is 0 Å². The normalized spacial score (nSPS) is 10.8. The van der Waals surface area contributed by atoms with E-state index in [1.165, 1.54) is 6.92 Å². The Balaban J connectivity index is 4.36. The van der Waals surface area contributed by atoms with Crippen molar-refractivity contribution in [3.63, 3.8) is 0 Å². The molecule has 4 nitrogen and oxygen atoms in total. The Morgan fingerprint density at radius 2 is 1.46 bits per heavy atom. The molecule has 0 saturated heterocycles. The van der Waals surface area contributed by atoms with E-state index in [-0.39, 0.29) is 13.2 Å². The first-order valence-corrected chi connectivity index (χ1v) is 4.38. The Kier molecular flexibility index (Phi) is 4.77. The molecule has 0 spiro atoms. The lowest BCUT2D eigenvalue weighted by Gasteiger charge is -2.17. The lowest BCUT2D eigenvalue weighted by molar-refractivity contribution is -0.158. The molecule has 0 saturated carbocycles. The molecule has 13 heavy (non-hydrogen) atoms. The third kappa shape index (κ3) is 3.22. The minimum absolute atomic E-state index is 0.181. The molecular formula is C8H13ClO4. The topological polar surface area (TPSA) is 52.6 Å². The van der Waals surface area contributed by atoms with Gasteiger partial charge in [-0.15, -0.1) is 0 Å². The summed E-state index contributed by atoms with van der Waals surface area (Å²) in [5.74, 6) is -1.56. The van der Waals surface area contributed by atoms with E-state index in [1.807, 2.05) is 0 Å². The first kappa shape index (κ1) is 12.2. The Morgan fingerprint density at radius 1 is 1.15 bits per heavy atom. The summed E-state index contributed by atoms with van der Waals surface area (Å²) in [6.45, 7) is 4.89. The second-order valence-electron chi connectivity index (χ2n) is 2.44. The predicted molar refractivity (Wildman–Crippen MR) is 47.5 cm³/mol. The highest BCUT2D eigenvalue weighted by Gasteiger charge is 2.42. The molecule has 0 aliphatic rings. The van der Waals surface area contributed by atoms with Gasteiger partial charge in [0.05, 0.1) is 13.2 Å². The maximum Gasteiger partial charge on any atom is 0.338 e. The third-order valence-corrected chi connectivity index (χ3v) is 1.63. The zero-order chi connectivity index (χ0) is 10.5. The Morgan fingerprint density at radius 3 is 1.69 bits per heavy atom. The molecule has 0 bridgehead atoms. The van der Waals surface area contributed by atoms with E-state index in [0.29, 0.717) is 0 Å². The summed E-state index contributed by atoms with van der Waals surface area (Å²) >= 11 is 5.65. The third-order valence-electron chi connectivity index (χ3n) is 1.32. The van der Waals surface area contributed by atoms with Crippen molar-refractivity contribution in [2.75, 3.05) is 13.2 Å². The number of halogens is 1. The van der Waals surface area contributed by atoms with E-state index >= 15 is 0 Å². The van der Waals surface area contributed by atoms with E-state index in [4.69, 9.17) is 11.6 Å². The molecule has 0 atom stereocenters. The molecule has 0 unspecified atom stereocenters. The fourth-order valence-electron chi connectivity index (χ4n) is 0.617. The lowest BCUT2D eigenvalue weighted by atomic mass is 10.2. The van der Waals surface area contributed by atoms with Crippen LogP contribution in [-0.2, 0) is 19.1 Å². The minimum Gasteiger partial charge on any atom is -0.464 e. The van der Waals surface area contributed by atoms with Crippen LogP contribution in [0.1, 0.15) is 20.8 Å². The second kappa shape index (κ2) is 5.07. The average molecular weight is 209 g/mol. The lowest BCUT2D eigenvalue weighted by Crippen LogP contribution is -2.40. The molecule has 0 heterocycles. The molecule has 0 amide bonds. The predicted octanol–water partition coefficient (Wildman–Crippen LogP) is 1.11. The molecule has 0 aliphatic heterocycles. The number of hydrogen-bond acceptors (Lipinski definition) is 4. The van der Waals surface area contributed by atoms with Crippen LogP contribution in [0, 0.1) is 0 Å². The SMILES string of the molecule is CCOC(=O)C(C)(Cl)C(=O)OCC. The van der Waals surface area contributed by atoms with Gasteiger partial charge in [0.1, 0.15) is 0 Å². The number of carbonyl (C=O) groups is 2. The van der Waals surface area contributed by atoms with Crippen LogP contribution < -0.4 is 0 Å². The molecule has 0 aromatic carbocycles. The fourth-order valence-corrected chi connectivity index (χ4v) is 0.726. The minimum atomic E-state index is -1.73. The summed E-state index contributed by atoms with van der Waals surface area (Å²) in [5.41, 5.74) is 0. The molecule has 5 heteroatoms. The Bertz CT molecular complexity index is 180. The molecule has 76 valence electrons. The summed E-state index contributed by atoms with van der Waals surface area (Å²) in [7, 11) is 0. The van der Waals surface area contributed by atoms with E-state index in [0.717, 1.165) is 0 Å². The van der Waals surface area contributed by atoms with Crippen LogP contribution in [0.2, 0.25) is 0 Å². The first-order valence-electron chi connectivity index (χ1n) is 4.00. The number of alkyl halides is 1. The molecule has 0 aliphatic carbocycles. The fraction of sp³-hybridized carbons (Fsp3) is 0.750. The van der Waals surface area contributed by atoms with Gasteiger partial charge in [-0.25, -0.2) is 9.59 Å². The maximum absolute atomic E-state index is 11.1. The Labute approximate surface area is 82.1 Å². The number of carbonyl (C=O) groups excluding carboxylic acids is 2. The van der Waals surface area contributed by atoms with Gasteiger partial charge >= 0.3 is 11.9 Å². The van der Waals surface area contributed by atoms with Gasteiger partial charge in [0, 0.05) is 0 Å². The highest BCUT2D eigenvalue weighted by molar-refractivity contribution is 6.44. The summed E-state index contributed by atoms with van der Waals surface area (Å²) in [6.07, 6.45) is 0. The van der Waals surface area contributed by atoms with Crippen LogP contribution in [0.25, 0.3) is 0 Å². The highest BCUT2D eigenvalue weighted by atomic mass is 35.5. The summed E-state index contributed by atoms with van der Waals surface area (Å²) in [6, 6.07) is 0. The summed E-state index contributed by atoms with van der Waals surface area (Å²) in [4.78, 5) is 20.5. The van der Waals surface area contributed by atoms with Crippen molar-refractivity contribution >= 4 is 23.5 Å². The molecule has 0 radical (unpaired) electrons. The first-order chi connectivity index (χ1) is 5.96. The number of ether oxygens (including phenoxy) is 2. The van der Waals surface area contributed by atoms with Gasteiger partial charge < -0.3 is 9.47 Å². The van der Waals surface area contributed by atoms with Crippen LogP contribution in [0.5, 0.6) is 0 Å². The Hall–Kier alpha value is -0.770. The van der Waals surface area contributed by atoms with Gasteiger partial charge in [-0.2, -0.15) is 0 Å².